The van der Waals surface area contributed by atoms with Crippen LogP contribution in [0.2, 0.25) is 0 Å². The van der Waals surface area contributed by atoms with Gasteiger partial charge >= 0.3 is 5.97 Å². The van der Waals surface area contributed by atoms with E-state index in [9.17, 15) is 18.0 Å². The van der Waals surface area contributed by atoms with Crippen molar-refractivity contribution in [2.75, 3.05) is 25.5 Å². The van der Waals surface area contributed by atoms with Crippen molar-refractivity contribution in [1.29, 1.82) is 0 Å². The second-order valence-corrected chi connectivity index (χ2v) is 7.35. The first-order valence-electron chi connectivity index (χ1n) is 7.54. The van der Waals surface area contributed by atoms with Gasteiger partial charge in [0.25, 0.3) is 0 Å². The first-order chi connectivity index (χ1) is 10.8. The van der Waals surface area contributed by atoms with Gasteiger partial charge in [-0.2, -0.15) is 4.31 Å². The Morgan fingerprint density at radius 1 is 1.52 bits per heavy atom. The van der Waals surface area contributed by atoms with Gasteiger partial charge in [-0.3, -0.25) is 4.79 Å². The van der Waals surface area contributed by atoms with Gasteiger partial charge in [-0.1, -0.05) is 13.0 Å². The van der Waals surface area contributed by atoms with Crippen LogP contribution in [-0.2, 0) is 24.3 Å². The van der Waals surface area contributed by atoms with Crippen LogP contribution in [0.3, 0.4) is 0 Å². The summed E-state index contributed by atoms with van der Waals surface area (Å²) in [6, 6.07) is -2.08. The van der Waals surface area contributed by atoms with E-state index in [1.807, 2.05) is 0 Å². The highest BCUT2D eigenvalue weighted by atomic mass is 32.2. The molecular formula is C14H24N2O6S. The molecule has 0 bridgehead atoms. The van der Waals surface area contributed by atoms with E-state index in [-0.39, 0.29) is 25.5 Å². The molecule has 0 spiro atoms. The molecule has 23 heavy (non-hydrogen) atoms. The van der Waals surface area contributed by atoms with Gasteiger partial charge in [0.2, 0.25) is 15.9 Å². The Labute approximate surface area is 136 Å². The lowest BCUT2D eigenvalue weighted by molar-refractivity contribution is -0.144. The lowest BCUT2D eigenvalue weighted by Crippen LogP contribution is -2.52. The summed E-state index contributed by atoms with van der Waals surface area (Å²) in [6.07, 6.45) is 2.89. The monoisotopic (exact) mass is 348 g/mol. The summed E-state index contributed by atoms with van der Waals surface area (Å²) in [5.41, 5.74) is 0. The topological polar surface area (TPSA) is 113 Å². The maximum atomic E-state index is 12.3. The molecule has 1 heterocycles. The summed E-state index contributed by atoms with van der Waals surface area (Å²) in [5.74, 6) is -1.86. The Bertz CT molecular complexity index is 533. The van der Waals surface area contributed by atoms with Crippen LogP contribution >= 0.6 is 0 Å². The molecule has 1 aliphatic heterocycles. The number of aliphatic carboxylic acids is 1. The SMILES string of the molecule is C=CCOCC(NC(=O)C1CCCN1S(=O)(=O)CCC)C(=O)O. The van der Waals surface area contributed by atoms with Crippen LogP contribution in [0.4, 0.5) is 0 Å². The fourth-order valence-corrected chi connectivity index (χ4v) is 4.17. The third kappa shape index (κ3) is 5.60. The lowest BCUT2D eigenvalue weighted by atomic mass is 10.2. The average Bonchev–Trinajstić information content (AvgIpc) is 2.96. The molecule has 1 rings (SSSR count). The molecule has 0 aromatic carbocycles. The van der Waals surface area contributed by atoms with Crippen LogP contribution in [-0.4, -0.2) is 67.3 Å². The molecule has 0 aliphatic carbocycles. The molecule has 2 atom stereocenters. The summed E-state index contributed by atoms with van der Waals surface area (Å²) < 4.78 is 30.6. The maximum Gasteiger partial charge on any atom is 0.328 e. The first kappa shape index (κ1) is 19.6. The van der Waals surface area contributed by atoms with Gasteiger partial charge in [-0.25, -0.2) is 13.2 Å². The van der Waals surface area contributed by atoms with Crippen molar-refractivity contribution < 1.29 is 27.9 Å². The highest BCUT2D eigenvalue weighted by molar-refractivity contribution is 7.89. The Kier molecular flexibility index (Phi) is 7.66. The number of carbonyl (C=O) groups excluding carboxylic acids is 1. The third-order valence-corrected chi connectivity index (χ3v) is 5.54. The molecular weight excluding hydrogens is 324 g/mol. The van der Waals surface area contributed by atoms with Crippen molar-refractivity contribution >= 4 is 21.9 Å². The molecule has 0 radical (unpaired) electrons. The molecule has 0 saturated carbocycles. The van der Waals surface area contributed by atoms with E-state index in [0.717, 1.165) is 0 Å². The Morgan fingerprint density at radius 3 is 2.78 bits per heavy atom. The number of hydrogen-bond donors (Lipinski definition) is 2. The van der Waals surface area contributed by atoms with E-state index in [1.165, 1.54) is 10.4 Å². The minimum absolute atomic E-state index is 0.0262. The number of carbonyl (C=O) groups is 2. The second kappa shape index (κ2) is 8.99. The Morgan fingerprint density at radius 2 is 2.22 bits per heavy atom. The number of rotatable bonds is 10. The van der Waals surface area contributed by atoms with E-state index in [0.29, 0.717) is 19.3 Å². The Balaban J connectivity index is 2.73. The van der Waals surface area contributed by atoms with Gasteiger partial charge in [0, 0.05) is 6.54 Å². The van der Waals surface area contributed by atoms with Crippen molar-refractivity contribution in [3.63, 3.8) is 0 Å². The predicted octanol–water partition coefficient (Wildman–Crippen LogP) is -0.0374. The molecule has 0 aromatic rings. The molecule has 1 amide bonds. The summed E-state index contributed by atoms with van der Waals surface area (Å²) in [5, 5.41) is 11.5. The number of amides is 1. The maximum absolute atomic E-state index is 12.3. The molecule has 2 N–H and O–H groups in total. The van der Waals surface area contributed by atoms with Gasteiger partial charge in [0.15, 0.2) is 6.04 Å². The van der Waals surface area contributed by atoms with E-state index >= 15 is 0 Å². The summed E-state index contributed by atoms with van der Waals surface area (Å²) in [7, 11) is -3.50. The van der Waals surface area contributed by atoms with Crippen LogP contribution in [0.1, 0.15) is 26.2 Å². The van der Waals surface area contributed by atoms with Gasteiger partial charge in [-0.05, 0) is 19.3 Å². The first-order valence-corrected chi connectivity index (χ1v) is 9.15. The van der Waals surface area contributed by atoms with Crippen LogP contribution in [0.15, 0.2) is 12.7 Å². The third-order valence-electron chi connectivity index (χ3n) is 3.46. The van der Waals surface area contributed by atoms with Crippen molar-refractivity contribution in [2.24, 2.45) is 0 Å². The largest absolute Gasteiger partial charge is 0.480 e. The number of carboxylic acids is 1. The van der Waals surface area contributed by atoms with Gasteiger partial charge < -0.3 is 15.2 Å². The molecule has 1 saturated heterocycles. The number of carboxylic acid groups (broad SMARTS) is 1. The predicted molar refractivity (Wildman–Crippen MR) is 84.4 cm³/mol. The van der Waals surface area contributed by atoms with Gasteiger partial charge in [-0.15, -0.1) is 6.58 Å². The zero-order valence-corrected chi connectivity index (χ0v) is 14.0. The Hall–Kier alpha value is -1.45. The summed E-state index contributed by atoms with van der Waals surface area (Å²) in [4.78, 5) is 23.5. The number of hydrogen-bond acceptors (Lipinski definition) is 5. The number of nitrogens with one attached hydrogen (secondary N) is 1. The average molecular weight is 348 g/mol. The smallest absolute Gasteiger partial charge is 0.328 e. The fourth-order valence-electron chi connectivity index (χ4n) is 2.42. The van der Waals surface area contributed by atoms with Crippen LogP contribution in [0.25, 0.3) is 0 Å². The molecule has 1 fully saturated rings. The number of sulfonamides is 1. The summed E-state index contributed by atoms with van der Waals surface area (Å²) >= 11 is 0. The normalized spacial score (nSPS) is 20.1. The highest BCUT2D eigenvalue weighted by Gasteiger charge is 2.39. The van der Waals surface area contributed by atoms with Crippen LogP contribution < -0.4 is 5.32 Å². The second-order valence-electron chi connectivity index (χ2n) is 5.31. The quantitative estimate of drug-likeness (QED) is 0.423. The minimum Gasteiger partial charge on any atom is -0.480 e. The van der Waals surface area contributed by atoms with E-state index in [2.05, 4.69) is 11.9 Å². The van der Waals surface area contributed by atoms with Crippen molar-refractivity contribution in [3.8, 4) is 0 Å². The zero-order chi connectivity index (χ0) is 17.5. The van der Waals surface area contributed by atoms with Gasteiger partial charge in [0.1, 0.15) is 6.04 Å². The van der Waals surface area contributed by atoms with E-state index < -0.39 is 34.0 Å². The number of ether oxygens (including phenoxy) is 1. The minimum atomic E-state index is -3.50. The highest BCUT2D eigenvalue weighted by Crippen LogP contribution is 2.22. The standard InChI is InChI=1S/C14H24N2O6S/c1-3-8-22-10-11(14(18)19)15-13(17)12-6-5-7-16(12)23(20,21)9-4-2/h3,11-12H,1,4-10H2,2H3,(H,15,17)(H,18,19). The van der Waals surface area contributed by atoms with Gasteiger partial charge in [0.05, 0.1) is 19.0 Å². The fraction of sp³-hybridized carbons (Fsp3) is 0.714. The molecule has 1 aliphatic rings. The lowest BCUT2D eigenvalue weighted by Gasteiger charge is -2.24. The van der Waals surface area contributed by atoms with Crippen LogP contribution in [0.5, 0.6) is 0 Å². The van der Waals surface area contributed by atoms with Crippen molar-refractivity contribution in [3.05, 3.63) is 12.7 Å². The summed E-state index contributed by atoms with van der Waals surface area (Å²) in [6.45, 7) is 5.44. The zero-order valence-electron chi connectivity index (χ0n) is 13.2. The molecule has 2 unspecified atom stereocenters. The van der Waals surface area contributed by atoms with Crippen molar-refractivity contribution in [2.45, 2.75) is 38.3 Å². The molecule has 8 nitrogen and oxygen atoms in total. The van der Waals surface area contributed by atoms with Crippen LogP contribution in [0, 0.1) is 0 Å². The van der Waals surface area contributed by atoms with E-state index in [4.69, 9.17) is 9.84 Å². The number of nitrogens with zero attached hydrogens (tertiary/aromatic N) is 1. The van der Waals surface area contributed by atoms with E-state index in [1.54, 1.807) is 6.92 Å². The molecule has 9 heteroatoms. The van der Waals surface area contributed by atoms with Crippen molar-refractivity contribution in [1.82, 2.24) is 9.62 Å². The molecule has 132 valence electrons. The molecule has 0 aromatic heterocycles.